The van der Waals surface area contributed by atoms with Crippen molar-refractivity contribution in [3.8, 4) is 0 Å². The number of halogens is 2. The van der Waals surface area contributed by atoms with Gasteiger partial charge in [-0.2, -0.15) is 0 Å². The van der Waals surface area contributed by atoms with Gasteiger partial charge in [-0.1, -0.05) is 18.9 Å². The lowest BCUT2D eigenvalue weighted by molar-refractivity contribution is -0.117. The van der Waals surface area contributed by atoms with Crippen LogP contribution in [0.25, 0.3) is 0 Å². The Labute approximate surface area is 115 Å². The Morgan fingerprint density at radius 2 is 2.15 bits per heavy atom. The van der Waals surface area contributed by atoms with Gasteiger partial charge in [-0.05, 0) is 0 Å². The number of alkyl halides is 2. The first kappa shape index (κ1) is 16.4. The lowest BCUT2D eigenvalue weighted by Gasteiger charge is -2.19. The molecule has 0 bridgehead atoms. The average molecular weight is 292 g/mol. The van der Waals surface area contributed by atoms with Crippen LogP contribution in [0.2, 0.25) is 0 Å². The monoisotopic (exact) mass is 292 g/mol. The second-order valence-corrected chi connectivity index (χ2v) is 4.50. The molecule has 2 N–H and O–H groups in total. The summed E-state index contributed by atoms with van der Waals surface area (Å²) in [6.07, 6.45) is -2.58. The molecular formula is C11H18F2N4O3. The zero-order valence-corrected chi connectivity index (χ0v) is 11.3. The highest BCUT2D eigenvalue weighted by Crippen LogP contribution is 2.14. The van der Waals surface area contributed by atoms with E-state index in [0.29, 0.717) is 5.89 Å². The van der Waals surface area contributed by atoms with Gasteiger partial charge in [-0.3, -0.25) is 15.0 Å². The van der Waals surface area contributed by atoms with Crippen molar-refractivity contribution in [3.63, 3.8) is 0 Å². The van der Waals surface area contributed by atoms with Crippen LogP contribution in [-0.4, -0.2) is 58.8 Å². The van der Waals surface area contributed by atoms with Crippen molar-refractivity contribution in [1.82, 2.24) is 15.1 Å². The molecule has 0 aliphatic carbocycles. The Kier molecular flexibility index (Phi) is 6.46. The number of amides is 1. The molecule has 0 unspecified atom stereocenters. The lowest BCUT2D eigenvalue weighted by Crippen LogP contribution is -2.38. The minimum atomic E-state index is -2.58. The van der Waals surface area contributed by atoms with E-state index in [1.807, 2.05) is 13.8 Å². The molecular weight excluding hydrogens is 274 g/mol. The molecule has 1 rings (SSSR count). The summed E-state index contributed by atoms with van der Waals surface area (Å²) in [7, 11) is 0. The highest BCUT2D eigenvalue weighted by atomic mass is 19.3. The molecule has 7 nitrogen and oxygen atoms in total. The summed E-state index contributed by atoms with van der Waals surface area (Å²) < 4.78 is 29.7. The molecule has 1 heterocycles. The Hall–Kier alpha value is -1.61. The van der Waals surface area contributed by atoms with Crippen LogP contribution in [0.3, 0.4) is 0 Å². The largest absolute Gasteiger partial charge is 0.408 e. The van der Waals surface area contributed by atoms with Crippen LogP contribution in [0, 0.1) is 0 Å². The molecule has 1 amide bonds. The van der Waals surface area contributed by atoms with Gasteiger partial charge in [0.2, 0.25) is 11.8 Å². The van der Waals surface area contributed by atoms with Crippen LogP contribution in [0.15, 0.2) is 4.42 Å². The van der Waals surface area contributed by atoms with Crippen molar-refractivity contribution in [3.05, 3.63) is 5.89 Å². The predicted molar refractivity (Wildman–Crippen MR) is 66.5 cm³/mol. The minimum absolute atomic E-state index is 0.0150. The number of anilines is 1. The van der Waals surface area contributed by atoms with E-state index in [9.17, 15) is 13.6 Å². The van der Waals surface area contributed by atoms with Crippen molar-refractivity contribution in [2.24, 2.45) is 0 Å². The molecule has 0 aliphatic rings. The van der Waals surface area contributed by atoms with Crippen LogP contribution in [-0.2, 0) is 4.79 Å². The second-order valence-electron chi connectivity index (χ2n) is 4.50. The van der Waals surface area contributed by atoms with Gasteiger partial charge in [0.15, 0.2) is 0 Å². The fourth-order valence-electron chi connectivity index (χ4n) is 1.45. The fourth-order valence-corrected chi connectivity index (χ4v) is 1.45. The molecule has 20 heavy (non-hydrogen) atoms. The molecule has 0 saturated heterocycles. The van der Waals surface area contributed by atoms with E-state index in [1.165, 1.54) is 0 Å². The van der Waals surface area contributed by atoms with Crippen molar-refractivity contribution < 1.29 is 23.1 Å². The first-order chi connectivity index (χ1) is 9.42. The van der Waals surface area contributed by atoms with Gasteiger partial charge < -0.3 is 9.52 Å². The summed E-state index contributed by atoms with van der Waals surface area (Å²) >= 11 is 0. The Balaban J connectivity index is 2.51. The fraction of sp³-hybridized carbons (Fsp3) is 0.727. The van der Waals surface area contributed by atoms with E-state index in [-0.39, 0.29) is 31.6 Å². The number of carbonyl (C=O) groups is 1. The summed E-state index contributed by atoms with van der Waals surface area (Å²) in [6.45, 7) is 2.51. The van der Waals surface area contributed by atoms with Gasteiger partial charge in [-0.25, -0.2) is 8.78 Å². The number of hydrogen-bond donors (Lipinski definition) is 2. The van der Waals surface area contributed by atoms with Crippen LogP contribution in [0.5, 0.6) is 0 Å². The smallest absolute Gasteiger partial charge is 0.322 e. The van der Waals surface area contributed by atoms with Crippen molar-refractivity contribution >= 4 is 11.9 Å². The maximum atomic E-state index is 12.3. The normalized spacial score (nSPS) is 11.6. The SMILES string of the molecule is CC(C)c1nnc(NC(=O)CN(CCO)CC(F)F)o1. The van der Waals surface area contributed by atoms with Crippen LogP contribution >= 0.6 is 0 Å². The van der Waals surface area contributed by atoms with Crippen LogP contribution in [0.4, 0.5) is 14.8 Å². The van der Waals surface area contributed by atoms with Crippen molar-refractivity contribution in [1.29, 1.82) is 0 Å². The Morgan fingerprint density at radius 3 is 2.65 bits per heavy atom. The zero-order chi connectivity index (χ0) is 15.1. The third-order valence-corrected chi connectivity index (χ3v) is 2.36. The predicted octanol–water partition coefficient (Wildman–Crippen LogP) is 0.691. The van der Waals surface area contributed by atoms with Gasteiger partial charge in [0.25, 0.3) is 6.43 Å². The number of aliphatic hydroxyl groups excluding tert-OH is 1. The summed E-state index contributed by atoms with van der Waals surface area (Å²) in [5, 5.41) is 18.4. The summed E-state index contributed by atoms with van der Waals surface area (Å²) in [5.74, 6) is -0.156. The van der Waals surface area contributed by atoms with E-state index >= 15 is 0 Å². The molecule has 1 aromatic rings. The summed E-state index contributed by atoms with van der Waals surface area (Å²) in [6, 6.07) is -0.0697. The van der Waals surface area contributed by atoms with Crippen molar-refractivity contribution in [2.45, 2.75) is 26.2 Å². The van der Waals surface area contributed by atoms with Gasteiger partial charge in [0.1, 0.15) is 0 Å². The molecule has 0 aromatic carbocycles. The average Bonchev–Trinajstić information content (AvgIpc) is 2.76. The molecule has 0 atom stereocenters. The number of aromatic nitrogens is 2. The molecule has 114 valence electrons. The van der Waals surface area contributed by atoms with E-state index in [0.717, 1.165) is 4.90 Å². The minimum Gasteiger partial charge on any atom is -0.408 e. The summed E-state index contributed by atoms with van der Waals surface area (Å²) in [5.41, 5.74) is 0. The van der Waals surface area contributed by atoms with Gasteiger partial charge in [0, 0.05) is 12.5 Å². The first-order valence-electron chi connectivity index (χ1n) is 6.17. The van der Waals surface area contributed by atoms with E-state index in [1.54, 1.807) is 0 Å². The van der Waals surface area contributed by atoms with Crippen molar-refractivity contribution in [2.75, 3.05) is 31.6 Å². The first-order valence-corrected chi connectivity index (χ1v) is 6.17. The number of aliphatic hydroxyl groups is 1. The highest BCUT2D eigenvalue weighted by molar-refractivity contribution is 5.90. The quantitative estimate of drug-likeness (QED) is 0.732. The number of nitrogens with zero attached hydrogens (tertiary/aromatic N) is 3. The molecule has 1 aromatic heterocycles. The van der Waals surface area contributed by atoms with Gasteiger partial charge in [0.05, 0.1) is 19.7 Å². The molecule has 0 saturated carbocycles. The van der Waals surface area contributed by atoms with Crippen LogP contribution < -0.4 is 5.32 Å². The number of rotatable bonds is 8. The number of carbonyl (C=O) groups excluding carboxylic acids is 1. The number of hydrogen-bond acceptors (Lipinski definition) is 6. The van der Waals surface area contributed by atoms with E-state index in [4.69, 9.17) is 9.52 Å². The molecule has 0 fully saturated rings. The Morgan fingerprint density at radius 1 is 1.45 bits per heavy atom. The van der Waals surface area contributed by atoms with E-state index in [2.05, 4.69) is 15.5 Å². The third kappa shape index (κ3) is 5.57. The third-order valence-electron chi connectivity index (χ3n) is 2.36. The zero-order valence-electron chi connectivity index (χ0n) is 11.3. The standard InChI is InChI=1S/C11H18F2N4O3/c1-7(2)10-15-16-11(20-10)14-9(19)6-17(3-4-18)5-8(12)13/h7-8,18H,3-6H2,1-2H3,(H,14,16,19). The second kappa shape index (κ2) is 7.85. The summed E-state index contributed by atoms with van der Waals surface area (Å²) in [4.78, 5) is 12.8. The Bertz CT molecular complexity index is 426. The topological polar surface area (TPSA) is 91.5 Å². The molecule has 0 spiro atoms. The molecule has 0 radical (unpaired) electrons. The van der Waals surface area contributed by atoms with Gasteiger partial charge >= 0.3 is 6.01 Å². The lowest BCUT2D eigenvalue weighted by atomic mass is 10.2. The van der Waals surface area contributed by atoms with E-state index < -0.39 is 18.9 Å². The maximum Gasteiger partial charge on any atom is 0.322 e. The maximum absolute atomic E-state index is 12.3. The molecule has 0 aliphatic heterocycles. The molecule has 9 heteroatoms. The van der Waals surface area contributed by atoms with Gasteiger partial charge in [-0.15, -0.1) is 5.10 Å². The van der Waals surface area contributed by atoms with Crippen LogP contribution in [0.1, 0.15) is 25.7 Å². The highest BCUT2D eigenvalue weighted by Gasteiger charge is 2.17. The number of nitrogens with one attached hydrogen (secondary N) is 1.